The van der Waals surface area contributed by atoms with Crippen molar-refractivity contribution >= 4 is 16.9 Å². The maximum Gasteiger partial charge on any atom is 0.514 e. The van der Waals surface area contributed by atoms with Crippen molar-refractivity contribution < 1.29 is 19.4 Å². The average Bonchev–Trinajstić information content (AvgIpc) is 2.35. The van der Waals surface area contributed by atoms with Gasteiger partial charge in [-0.3, -0.25) is 9.78 Å². The Morgan fingerprint density at radius 1 is 1.29 bits per heavy atom. The lowest BCUT2D eigenvalue weighted by Crippen LogP contribution is -2.13. The van der Waals surface area contributed by atoms with E-state index in [0.717, 1.165) is 7.11 Å². The topological polar surface area (TPSA) is 88.6 Å². The van der Waals surface area contributed by atoms with E-state index in [1.807, 2.05) is 0 Å². The van der Waals surface area contributed by atoms with Crippen LogP contribution in [-0.2, 0) is 4.74 Å². The van der Waals surface area contributed by atoms with Gasteiger partial charge in [-0.2, -0.15) is 0 Å². The minimum Gasteiger partial charge on any atom is -0.503 e. The Balaban J connectivity index is 2.63. The minimum absolute atomic E-state index is 0.301. The van der Waals surface area contributed by atoms with Crippen molar-refractivity contribution in [3.05, 3.63) is 34.6 Å². The quantitative estimate of drug-likeness (QED) is 0.729. The average molecular weight is 235 g/mol. The smallest absolute Gasteiger partial charge is 0.503 e. The van der Waals surface area contributed by atoms with Crippen LogP contribution >= 0.6 is 0 Å². The molecular weight excluding hydrogens is 226 g/mol. The normalized spacial score (nSPS) is 10.2. The third-order valence-electron chi connectivity index (χ3n) is 2.22. The van der Waals surface area contributed by atoms with Gasteiger partial charge < -0.3 is 14.6 Å². The SMILES string of the molecule is COC(=O)Oc1[nH]c(=O)c2ccccc2c1O. The first-order valence-electron chi connectivity index (χ1n) is 4.73. The second-order valence-electron chi connectivity index (χ2n) is 3.23. The molecule has 0 bridgehead atoms. The van der Waals surface area contributed by atoms with E-state index in [-0.39, 0.29) is 11.6 Å². The predicted molar refractivity (Wildman–Crippen MR) is 59.3 cm³/mol. The van der Waals surface area contributed by atoms with Crippen molar-refractivity contribution in [2.24, 2.45) is 0 Å². The predicted octanol–water partition coefficient (Wildman–Crippen LogP) is 1.38. The van der Waals surface area contributed by atoms with E-state index >= 15 is 0 Å². The molecular formula is C11H9NO5. The molecule has 0 radical (unpaired) electrons. The molecule has 88 valence electrons. The fraction of sp³-hybridized carbons (Fsp3) is 0.0909. The number of hydrogen-bond acceptors (Lipinski definition) is 5. The zero-order valence-corrected chi connectivity index (χ0v) is 8.89. The molecule has 0 amide bonds. The van der Waals surface area contributed by atoms with Gasteiger partial charge in [-0.1, -0.05) is 18.2 Å². The maximum atomic E-state index is 11.6. The van der Waals surface area contributed by atoms with E-state index in [9.17, 15) is 14.7 Å². The zero-order valence-electron chi connectivity index (χ0n) is 8.89. The molecule has 1 heterocycles. The number of H-pyrrole nitrogens is 1. The van der Waals surface area contributed by atoms with E-state index < -0.39 is 11.7 Å². The molecule has 0 fully saturated rings. The molecule has 0 saturated heterocycles. The lowest BCUT2D eigenvalue weighted by molar-refractivity contribution is 0.118. The molecule has 2 aromatic rings. The number of rotatable bonds is 1. The van der Waals surface area contributed by atoms with Crippen molar-refractivity contribution in [3.63, 3.8) is 0 Å². The van der Waals surface area contributed by atoms with E-state index in [2.05, 4.69) is 14.5 Å². The number of aromatic hydroxyl groups is 1. The lowest BCUT2D eigenvalue weighted by atomic mass is 10.1. The van der Waals surface area contributed by atoms with Gasteiger partial charge in [-0.25, -0.2) is 4.79 Å². The highest BCUT2D eigenvalue weighted by Crippen LogP contribution is 2.29. The summed E-state index contributed by atoms with van der Waals surface area (Å²) in [5.74, 6) is -0.647. The highest BCUT2D eigenvalue weighted by molar-refractivity contribution is 5.89. The number of nitrogens with one attached hydrogen (secondary N) is 1. The summed E-state index contributed by atoms with van der Waals surface area (Å²) in [7, 11) is 1.12. The first-order valence-corrected chi connectivity index (χ1v) is 4.73. The van der Waals surface area contributed by atoms with Crippen molar-refractivity contribution in [3.8, 4) is 11.6 Å². The lowest BCUT2D eigenvalue weighted by Gasteiger charge is -2.06. The largest absolute Gasteiger partial charge is 0.514 e. The summed E-state index contributed by atoms with van der Waals surface area (Å²) in [6.07, 6.45) is -1.02. The van der Waals surface area contributed by atoms with Crippen molar-refractivity contribution in [2.45, 2.75) is 0 Å². The number of fused-ring (bicyclic) bond motifs is 1. The molecule has 6 nitrogen and oxygen atoms in total. The van der Waals surface area contributed by atoms with Crippen LogP contribution in [0.15, 0.2) is 29.1 Å². The van der Waals surface area contributed by atoms with Crippen LogP contribution in [0.4, 0.5) is 4.79 Å². The fourth-order valence-corrected chi connectivity index (χ4v) is 1.44. The van der Waals surface area contributed by atoms with Crippen molar-refractivity contribution in [2.75, 3.05) is 7.11 Å². The van der Waals surface area contributed by atoms with Gasteiger partial charge in [0.05, 0.1) is 12.5 Å². The Bertz CT molecular complexity index is 631. The molecule has 0 aliphatic rings. The number of aromatic amines is 1. The monoisotopic (exact) mass is 235 g/mol. The molecule has 17 heavy (non-hydrogen) atoms. The molecule has 0 spiro atoms. The summed E-state index contributed by atoms with van der Waals surface area (Å²) in [4.78, 5) is 24.8. The van der Waals surface area contributed by atoms with Gasteiger partial charge in [0.25, 0.3) is 5.56 Å². The van der Waals surface area contributed by atoms with E-state index in [4.69, 9.17) is 0 Å². The summed E-state index contributed by atoms with van der Waals surface area (Å²) in [6, 6.07) is 6.42. The summed E-state index contributed by atoms with van der Waals surface area (Å²) < 4.78 is 8.88. The summed E-state index contributed by atoms with van der Waals surface area (Å²) in [5, 5.41) is 10.4. The highest BCUT2D eigenvalue weighted by Gasteiger charge is 2.14. The van der Waals surface area contributed by atoms with Crippen LogP contribution in [0.1, 0.15) is 0 Å². The Hall–Kier alpha value is -2.50. The summed E-state index contributed by atoms with van der Waals surface area (Å²) in [6.45, 7) is 0. The van der Waals surface area contributed by atoms with E-state index in [1.165, 1.54) is 0 Å². The highest BCUT2D eigenvalue weighted by atomic mass is 16.7. The number of benzene rings is 1. The first-order chi connectivity index (χ1) is 8.13. The number of methoxy groups -OCH3 is 1. The Labute approximate surface area is 95.4 Å². The van der Waals surface area contributed by atoms with Gasteiger partial charge in [-0.15, -0.1) is 0 Å². The maximum absolute atomic E-state index is 11.6. The van der Waals surface area contributed by atoms with Crippen LogP contribution in [0.5, 0.6) is 11.6 Å². The van der Waals surface area contributed by atoms with Gasteiger partial charge in [0.15, 0.2) is 5.75 Å². The third-order valence-corrected chi connectivity index (χ3v) is 2.22. The Morgan fingerprint density at radius 2 is 1.94 bits per heavy atom. The van der Waals surface area contributed by atoms with Gasteiger partial charge >= 0.3 is 6.16 Å². The minimum atomic E-state index is -1.02. The van der Waals surface area contributed by atoms with Crippen molar-refractivity contribution in [1.29, 1.82) is 0 Å². The molecule has 6 heteroatoms. The van der Waals surface area contributed by atoms with Crippen LogP contribution in [-0.4, -0.2) is 23.4 Å². The van der Waals surface area contributed by atoms with Gasteiger partial charge in [-0.05, 0) is 6.07 Å². The number of ether oxygens (including phenoxy) is 2. The molecule has 0 saturated carbocycles. The van der Waals surface area contributed by atoms with Gasteiger partial charge in [0, 0.05) is 5.39 Å². The van der Waals surface area contributed by atoms with Crippen LogP contribution < -0.4 is 10.3 Å². The standard InChI is InChI=1S/C11H9NO5/c1-16-11(15)17-10-8(13)6-4-2-3-5-7(6)9(14)12-10/h2-5,13H,1H3,(H,12,14). The molecule has 2 rings (SSSR count). The van der Waals surface area contributed by atoms with Crippen LogP contribution in [0, 0.1) is 0 Å². The molecule has 0 unspecified atom stereocenters. The molecule has 0 atom stereocenters. The molecule has 2 N–H and O–H groups in total. The van der Waals surface area contributed by atoms with E-state index in [0.29, 0.717) is 10.8 Å². The first kappa shape index (κ1) is 11.0. The Morgan fingerprint density at radius 3 is 2.59 bits per heavy atom. The number of aromatic nitrogens is 1. The third kappa shape index (κ3) is 1.92. The van der Waals surface area contributed by atoms with Gasteiger partial charge in [0.1, 0.15) is 0 Å². The number of pyridine rings is 1. The number of carbonyl (C=O) groups is 1. The summed E-state index contributed by atoms with van der Waals surface area (Å²) >= 11 is 0. The molecule has 0 aliphatic heterocycles. The Kier molecular flexibility index (Phi) is 2.70. The molecule has 0 aliphatic carbocycles. The number of hydrogen-bond donors (Lipinski definition) is 2. The van der Waals surface area contributed by atoms with Crippen LogP contribution in [0.2, 0.25) is 0 Å². The van der Waals surface area contributed by atoms with Crippen LogP contribution in [0.25, 0.3) is 10.8 Å². The second-order valence-corrected chi connectivity index (χ2v) is 3.23. The number of carbonyl (C=O) groups excluding carboxylic acids is 1. The van der Waals surface area contributed by atoms with E-state index in [1.54, 1.807) is 24.3 Å². The fourth-order valence-electron chi connectivity index (χ4n) is 1.44. The summed E-state index contributed by atoms with van der Waals surface area (Å²) in [5.41, 5.74) is -0.461. The van der Waals surface area contributed by atoms with Crippen molar-refractivity contribution in [1.82, 2.24) is 4.98 Å². The van der Waals surface area contributed by atoms with Gasteiger partial charge in [0.2, 0.25) is 5.88 Å². The second kappa shape index (κ2) is 4.17. The molecule has 1 aromatic heterocycles. The zero-order chi connectivity index (χ0) is 12.4. The molecule has 1 aromatic carbocycles. The van der Waals surface area contributed by atoms with Crippen LogP contribution in [0.3, 0.4) is 0 Å².